The van der Waals surface area contributed by atoms with Crippen LogP contribution in [0.15, 0.2) is 48.0 Å². The summed E-state index contributed by atoms with van der Waals surface area (Å²) in [5.41, 5.74) is 1.98. The minimum Gasteiger partial charge on any atom is -0.494 e. The molecule has 0 spiro atoms. The monoisotopic (exact) mass is 323 g/mol. The van der Waals surface area contributed by atoms with Crippen molar-refractivity contribution in [3.8, 4) is 11.8 Å². The van der Waals surface area contributed by atoms with Gasteiger partial charge in [0, 0.05) is 5.56 Å². The average molecular weight is 323 g/mol. The summed E-state index contributed by atoms with van der Waals surface area (Å²) >= 11 is 0. The van der Waals surface area contributed by atoms with Crippen molar-refractivity contribution in [2.75, 3.05) is 7.11 Å². The summed E-state index contributed by atoms with van der Waals surface area (Å²) in [5.74, 6) is -0.805. The summed E-state index contributed by atoms with van der Waals surface area (Å²) in [4.78, 5) is 12.4. The quantitative estimate of drug-likeness (QED) is 0.444. The van der Waals surface area contributed by atoms with Gasteiger partial charge in [-0.3, -0.25) is 4.79 Å². The van der Waals surface area contributed by atoms with Crippen LogP contribution in [0, 0.1) is 17.1 Å². The number of ether oxygens (including phenoxy) is 1. The van der Waals surface area contributed by atoms with Gasteiger partial charge in [0.2, 0.25) is 5.78 Å². The molecule has 2 aromatic rings. The number of benzene rings is 2. The number of rotatable bonds is 6. The van der Waals surface area contributed by atoms with E-state index in [1.54, 1.807) is 18.2 Å². The van der Waals surface area contributed by atoms with E-state index in [0.29, 0.717) is 11.1 Å². The number of methoxy groups -OCH3 is 1. The predicted molar refractivity (Wildman–Crippen MR) is 91.3 cm³/mol. The normalized spacial score (nSPS) is 11.0. The van der Waals surface area contributed by atoms with Crippen molar-refractivity contribution in [2.45, 2.75) is 19.8 Å². The number of aryl methyl sites for hydroxylation is 1. The van der Waals surface area contributed by atoms with Crippen LogP contribution in [-0.2, 0) is 6.42 Å². The molecule has 0 N–H and O–H groups in total. The molecule has 0 aliphatic rings. The van der Waals surface area contributed by atoms with Crippen molar-refractivity contribution < 1.29 is 13.9 Å². The Morgan fingerprint density at radius 3 is 2.50 bits per heavy atom. The molecule has 24 heavy (non-hydrogen) atoms. The van der Waals surface area contributed by atoms with E-state index < -0.39 is 5.82 Å². The van der Waals surface area contributed by atoms with Gasteiger partial charge in [-0.1, -0.05) is 43.7 Å². The summed E-state index contributed by atoms with van der Waals surface area (Å²) in [6.07, 6.45) is 3.35. The van der Waals surface area contributed by atoms with E-state index >= 15 is 0 Å². The highest BCUT2D eigenvalue weighted by Gasteiger charge is 2.13. The molecule has 2 rings (SSSR count). The number of allylic oxidation sites excluding steroid dienone is 1. The lowest BCUT2D eigenvalue weighted by Crippen LogP contribution is -2.02. The molecule has 3 nitrogen and oxygen atoms in total. The van der Waals surface area contributed by atoms with Crippen LogP contribution in [0.25, 0.3) is 6.08 Å². The Morgan fingerprint density at radius 1 is 1.25 bits per heavy atom. The minimum atomic E-state index is -0.542. The molecule has 0 unspecified atom stereocenters. The number of hydrogen-bond donors (Lipinski definition) is 0. The Bertz CT molecular complexity index is 801. The Morgan fingerprint density at radius 2 is 1.96 bits per heavy atom. The fourth-order valence-electron chi connectivity index (χ4n) is 2.35. The number of hydrogen-bond acceptors (Lipinski definition) is 3. The van der Waals surface area contributed by atoms with E-state index in [2.05, 4.69) is 6.92 Å². The van der Waals surface area contributed by atoms with Crippen molar-refractivity contribution in [3.05, 3.63) is 70.5 Å². The lowest BCUT2D eigenvalue weighted by atomic mass is 10.00. The SMILES string of the molecule is CCCc1ccc(C(=O)/C(C#N)=C/c2ccc(OC)c(F)c2)cc1. The van der Waals surface area contributed by atoms with Crippen molar-refractivity contribution in [1.82, 2.24) is 0 Å². The van der Waals surface area contributed by atoms with Crippen molar-refractivity contribution in [3.63, 3.8) is 0 Å². The molecule has 0 atom stereocenters. The zero-order valence-electron chi connectivity index (χ0n) is 13.7. The fraction of sp³-hybridized carbons (Fsp3) is 0.200. The summed E-state index contributed by atoms with van der Waals surface area (Å²) in [7, 11) is 1.38. The van der Waals surface area contributed by atoms with Crippen molar-refractivity contribution in [1.29, 1.82) is 5.26 Å². The van der Waals surface area contributed by atoms with Crippen LogP contribution in [0.1, 0.15) is 34.8 Å². The first-order chi connectivity index (χ1) is 11.6. The first kappa shape index (κ1) is 17.4. The Balaban J connectivity index is 2.28. The summed E-state index contributed by atoms with van der Waals surface area (Å²) in [6.45, 7) is 2.09. The topological polar surface area (TPSA) is 50.1 Å². The molecule has 0 saturated carbocycles. The van der Waals surface area contributed by atoms with Crippen molar-refractivity contribution >= 4 is 11.9 Å². The lowest BCUT2D eigenvalue weighted by Gasteiger charge is -2.04. The van der Waals surface area contributed by atoms with E-state index in [-0.39, 0.29) is 17.1 Å². The number of nitriles is 1. The number of nitrogens with zero attached hydrogens (tertiary/aromatic N) is 1. The number of carbonyl (C=O) groups excluding carboxylic acids is 1. The third kappa shape index (κ3) is 4.08. The van der Waals surface area contributed by atoms with Crippen LogP contribution in [0.5, 0.6) is 5.75 Å². The predicted octanol–water partition coefficient (Wildman–Crippen LogP) is 4.58. The average Bonchev–Trinajstić information content (AvgIpc) is 2.60. The van der Waals surface area contributed by atoms with Crippen LogP contribution in [-0.4, -0.2) is 12.9 Å². The summed E-state index contributed by atoms with van der Waals surface area (Å²) in [6, 6.07) is 13.4. The van der Waals surface area contributed by atoms with E-state index in [9.17, 15) is 14.4 Å². The largest absolute Gasteiger partial charge is 0.494 e. The molecule has 0 fully saturated rings. The van der Waals surface area contributed by atoms with Gasteiger partial charge in [-0.15, -0.1) is 0 Å². The van der Waals surface area contributed by atoms with E-state index in [1.165, 1.54) is 25.3 Å². The molecule has 122 valence electrons. The number of ketones is 1. The van der Waals surface area contributed by atoms with Gasteiger partial charge in [0.25, 0.3) is 0 Å². The first-order valence-corrected chi connectivity index (χ1v) is 7.68. The van der Waals surface area contributed by atoms with Gasteiger partial charge in [-0.2, -0.15) is 5.26 Å². The van der Waals surface area contributed by atoms with Crippen molar-refractivity contribution in [2.24, 2.45) is 0 Å². The smallest absolute Gasteiger partial charge is 0.203 e. The molecule has 0 aliphatic heterocycles. The zero-order chi connectivity index (χ0) is 17.5. The van der Waals surface area contributed by atoms with Gasteiger partial charge >= 0.3 is 0 Å². The van der Waals surface area contributed by atoms with Gasteiger partial charge in [-0.05, 0) is 35.8 Å². The molecule has 0 heterocycles. The minimum absolute atomic E-state index is 0.0391. The molecule has 2 aromatic carbocycles. The van der Waals surface area contributed by atoms with Crippen LogP contribution < -0.4 is 4.74 Å². The van der Waals surface area contributed by atoms with E-state index in [4.69, 9.17) is 4.74 Å². The molecule has 0 saturated heterocycles. The Kier molecular flexibility index (Phi) is 5.86. The van der Waals surface area contributed by atoms with E-state index in [0.717, 1.165) is 18.4 Å². The molecule has 4 heteroatoms. The van der Waals surface area contributed by atoms with E-state index in [1.807, 2.05) is 18.2 Å². The zero-order valence-corrected chi connectivity index (χ0v) is 13.7. The van der Waals surface area contributed by atoms with Crippen LogP contribution in [0.2, 0.25) is 0 Å². The first-order valence-electron chi connectivity index (χ1n) is 7.68. The molecular formula is C20H18FNO2. The van der Waals surface area contributed by atoms with Crippen LogP contribution in [0.4, 0.5) is 4.39 Å². The maximum absolute atomic E-state index is 13.7. The van der Waals surface area contributed by atoms with Crippen LogP contribution >= 0.6 is 0 Å². The van der Waals surface area contributed by atoms with Gasteiger partial charge < -0.3 is 4.74 Å². The Hall–Kier alpha value is -2.93. The standard InChI is InChI=1S/C20H18FNO2/c1-3-4-14-5-8-16(9-6-14)20(23)17(13-22)11-15-7-10-19(24-2)18(21)12-15/h5-12H,3-4H2,1-2H3/b17-11+. The highest BCUT2D eigenvalue weighted by molar-refractivity contribution is 6.14. The second kappa shape index (κ2) is 8.07. The molecule has 0 bridgehead atoms. The fourth-order valence-corrected chi connectivity index (χ4v) is 2.35. The summed E-state index contributed by atoms with van der Waals surface area (Å²) in [5, 5.41) is 9.27. The third-order valence-electron chi connectivity index (χ3n) is 3.61. The maximum Gasteiger partial charge on any atom is 0.203 e. The molecule has 0 aliphatic carbocycles. The Labute approximate surface area is 141 Å². The van der Waals surface area contributed by atoms with Gasteiger partial charge in [-0.25, -0.2) is 4.39 Å². The highest BCUT2D eigenvalue weighted by Crippen LogP contribution is 2.20. The van der Waals surface area contributed by atoms with Gasteiger partial charge in [0.15, 0.2) is 11.6 Å². The molecule has 0 radical (unpaired) electrons. The highest BCUT2D eigenvalue weighted by atomic mass is 19.1. The molecule has 0 aromatic heterocycles. The van der Waals surface area contributed by atoms with Gasteiger partial charge in [0.1, 0.15) is 11.6 Å². The second-order valence-electron chi connectivity index (χ2n) is 5.34. The maximum atomic E-state index is 13.7. The number of Topliss-reactive ketones (excluding diaryl/α,β-unsaturated/α-hetero) is 1. The summed E-state index contributed by atoms with van der Waals surface area (Å²) < 4.78 is 18.6. The molecule has 0 amide bonds. The lowest BCUT2D eigenvalue weighted by molar-refractivity contribution is 0.104. The number of carbonyl (C=O) groups is 1. The molecular weight excluding hydrogens is 305 g/mol. The van der Waals surface area contributed by atoms with Gasteiger partial charge in [0.05, 0.1) is 7.11 Å². The number of halogens is 1. The third-order valence-corrected chi connectivity index (χ3v) is 3.61. The second-order valence-corrected chi connectivity index (χ2v) is 5.34. The van der Waals surface area contributed by atoms with Crippen LogP contribution in [0.3, 0.4) is 0 Å².